The van der Waals surface area contributed by atoms with E-state index in [1.54, 1.807) is 16.9 Å². The third-order valence-electron chi connectivity index (χ3n) is 3.09. The van der Waals surface area contributed by atoms with Gasteiger partial charge in [0, 0.05) is 11.1 Å². The Labute approximate surface area is 116 Å². The van der Waals surface area contributed by atoms with Crippen molar-refractivity contribution in [1.82, 2.24) is 15.0 Å². The van der Waals surface area contributed by atoms with E-state index in [1.165, 1.54) is 0 Å². The summed E-state index contributed by atoms with van der Waals surface area (Å²) >= 11 is 0. The zero-order valence-electron chi connectivity index (χ0n) is 11.0. The molecule has 2 aromatic carbocycles. The summed E-state index contributed by atoms with van der Waals surface area (Å²) in [7, 11) is 0. The van der Waals surface area contributed by atoms with Gasteiger partial charge in [0.15, 0.2) is 0 Å². The van der Waals surface area contributed by atoms with Crippen molar-refractivity contribution in [2.75, 3.05) is 0 Å². The van der Waals surface area contributed by atoms with Crippen molar-refractivity contribution in [3.63, 3.8) is 0 Å². The number of hydrogen-bond donors (Lipinski definition) is 0. The summed E-state index contributed by atoms with van der Waals surface area (Å²) in [5.74, 6) is 0. The van der Waals surface area contributed by atoms with E-state index in [4.69, 9.17) is 0 Å². The highest BCUT2D eigenvalue weighted by molar-refractivity contribution is 5.75. The fourth-order valence-electron chi connectivity index (χ4n) is 2.04. The average molecular weight is 263 g/mol. The molecular formula is C16H13N3O. The highest BCUT2D eigenvalue weighted by atomic mass is 16.1. The Balaban J connectivity index is 2.01. The SMILES string of the molecule is Cc1nn(-c2ccc(C=O)cc2)nc1-c1ccccc1. The number of rotatable bonds is 3. The van der Waals surface area contributed by atoms with Gasteiger partial charge in [0.05, 0.1) is 11.4 Å². The highest BCUT2D eigenvalue weighted by Crippen LogP contribution is 2.20. The van der Waals surface area contributed by atoms with E-state index in [1.807, 2.05) is 49.4 Å². The van der Waals surface area contributed by atoms with Crippen LogP contribution in [0.3, 0.4) is 0 Å². The molecule has 1 heterocycles. The van der Waals surface area contributed by atoms with Crippen molar-refractivity contribution >= 4 is 6.29 Å². The number of hydrogen-bond acceptors (Lipinski definition) is 3. The Bertz CT molecular complexity index is 730. The summed E-state index contributed by atoms with van der Waals surface area (Å²) in [6, 6.07) is 17.1. The summed E-state index contributed by atoms with van der Waals surface area (Å²) in [5.41, 5.74) is 4.25. The van der Waals surface area contributed by atoms with E-state index >= 15 is 0 Å². The first kappa shape index (κ1) is 12.3. The normalized spacial score (nSPS) is 10.4. The maximum Gasteiger partial charge on any atom is 0.150 e. The lowest BCUT2D eigenvalue weighted by atomic mass is 10.1. The van der Waals surface area contributed by atoms with Gasteiger partial charge in [0.2, 0.25) is 0 Å². The Hall–Kier alpha value is -2.75. The predicted molar refractivity (Wildman–Crippen MR) is 76.9 cm³/mol. The van der Waals surface area contributed by atoms with Crippen molar-refractivity contribution in [2.45, 2.75) is 6.92 Å². The number of carbonyl (C=O) groups excluding carboxylic acids is 1. The van der Waals surface area contributed by atoms with Gasteiger partial charge in [-0.05, 0) is 31.2 Å². The molecule has 4 nitrogen and oxygen atoms in total. The van der Waals surface area contributed by atoms with Crippen LogP contribution in [0.4, 0.5) is 0 Å². The Morgan fingerprint density at radius 2 is 1.65 bits per heavy atom. The molecule has 0 saturated carbocycles. The minimum atomic E-state index is 0.640. The Morgan fingerprint density at radius 3 is 2.30 bits per heavy atom. The average Bonchev–Trinajstić information content (AvgIpc) is 2.90. The van der Waals surface area contributed by atoms with Gasteiger partial charge in [-0.2, -0.15) is 9.90 Å². The van der Waals surface area contributed by atoms with E-state index in [9.17, 15) is 4.79 Å². The largest absolute Gasteiger partial charge is 0.298 e. The van der Waals surface area contributed by atoms with Crippen molar-refractivity contribution in [2.24, 2.45) is 0 Å². The first-order valence-electron chi connectivity index (χ1n) is 6.33. The van der Waals surface area contributed by atoms with Crippen LogP contribution in [-0.4, -0.2) is 21.3 Å². The van der Waals surface area contributed by atoms with Crippen molar-refractivity contribution < 1.29 is 4.79 Å². The summed E-state index contributed by atoms with van der Waals surface area (Å²) in [6.45, 7) is 1.94. The molecule has 0 saturated heterocycles. The molecule has 0 N–H and O–H groups in total. The number of aryl methyl sites for hydroxylation is 1. The van der Waals surface area contributed by atoms with Gasteiger partial charge in [0.25, 0.3) is 0 Å². The first-order valence-corrected chi connectivity index (χ1v) is 6.33. The van der Waals surface area contributed by atoms with Crippen LogP contribution < -0.4 is 0 Å². The van der Waals surface area contributed by atoms with Crippen LogP contribution in [0.1, 0.15) is 16.1 Å². The smallest absolute Gasteiger partial charge is 0.150 e. The predicted octanol–water partition coefficient (Wildman–Crippen LogP) is 3.06. The second-order valence-corrected chi connectivity index (χ2v) is 4.50. The van der Waals surface area contributed by atoms with Crippen LogP contribution in [0.2, 0.25) is 0 Å². The second kappa shape index (κ2) is 5.09. The maximum atomic E-state index is 10.7. The van der Waals surface area contributed by atoms with Gasteiger partial charge < -0.3 is 0 Å². The molecule has 98 valence electrons. The summed E-state index contributed by atoms with van der Waals surface area (Å²) < 4.78 is 0. The molecule has 4 heteroatoms. The monoisotopic (exact) mass is 263 g/mol. The van der Waals surface area contributed by atoms with Crippen LogP contribution in [0.15, 0.2) is 54.6 Å². The minimum absolute atomic E-state index is 0.640. The lowest BCUT2D eigenvalue weighted by molar-refractivity contribution is 0.112. The molecule has 0 atom stereocenters. The van der Waals surface area contributed by atoms with Gasteiger partial charge in [-0.3, -0.25) is 4.79 Å². The third-order valence-corrected chi connectivity index (χ3v) is 3.09. The number of nitrogens with zero attached hydrogens (tertiary/aromatic N) is 3. The second-order valence-electron chi connectivity index (χ2n) is 4.50. The third kappa shape index (κ3) is 2.23. The molecule has 0 aliphatic carbocycles. The molecule has 0 aliphatic rings. The molecule has 0 spiro atoms. The molecule has 3 rings (SSSR count). The Kier molecular flexibility index (Phi) is 3.13. The molecule has 0 amide bonds. The Morgan fingerprint density at radius 1 is 0.950 bits per heavy atom. The fraction of sp³-hybridized carbons (Fsp3) is 0.0625. The van der Waals surface area contributed by atoms with Crippen LogP contribution in [0.5, 0.6) is 0 Å². The standard InChI is InChI=1S/C16H13N3O/c1-12-16(14-5-3-2-4-6-14)18-19(17-12)15-9-7-13(11-20)8-10-15/h2-11H,1H3. The van der Waals surface area contributed by atoms with Crippen molar-refractivity contribution in [1.29, 1.82) is 0 Å². The number of aromatic nitrogens is 3. The summed E-state index contributed by atoms with van der Waals surface area (Å²) in [4.78, 5) is 12.2. The molecule has 0 fully saturated rings. The van der Waals surface area contributed by atoms with E-state index in [0.29, 0.717) is 5.56 Å². The van der Waals surface area contributed by atoms with Gasteiger partial charge in [-0.25, -0.2) is 0 Å². The number of benzene rings is 2. The first-order chi connectivity index (χ1) is 9.78. The number of aldehydes is 1. The van der Waals surface area contributed by atoms with Crippen LogP contribution in [-0.2, 0) is 0 Å². The van der Waals surface area contributed by atoms with E-state index < -0.39 is 0 Å². The molecule has 1 aromatic heterocycles. The van der Waals surface area contributed by atoms with Crippen LogP contribution in [0.25, 0.3) is 16.9 Å². The van der Waals surface area contributed by atoms with Gasteiger partial charge in [0.1, 0.15) is 12.0 Å². The zero-order chi connectivity index (χ0) is 13.9. The van der Waals surface area contributed by atoms with Crippen molar-refractivity contribution in [3.8, 4) is 16.9 Å². The van der Waals surface area contributed by atoms with Gasteiger partial charge in [-0.1, -0.05) is 30.3 Å². The summed E-state index contributed by atoms with van der Waals surface area (Å²) in [6.07, 6.45) is 0.820. The molecule has 0 radical (unpaired) electrons. The molecule has 0 unspecified atom stereocenters. The lowest BCUT2D eigenvalue weighted by Crippen LogP contribution is -1.99. The van der Waals surface area contributed by atoms with E-state index in [-0.39, 0.29) is 0 Å². The quantitative estimate of drug-likeness (QED) is 0.682. The van der Waals surface area contributed by atoms with Crippen molar-refractivity contribution in [3.05, 3.63) is 65.9 Å². The molecule has 0 aliphatic heterocycles. The highest BCUT2D eigenvalue weighted by Gasteiger charge is 2.10. The van der Waals surface area contributed by atoms with Gasteiger partial charge >= 0.3 is 0 Å². The van der Waals surface area contributed by atoms with E-state index in [0.717, 1.165) is 28.9 Å². The number of carbonyl (C=O) groups is 1. The fourth-order valence-corrected chi connectivity index (χ4v) is 2.04. The summed E-state index contributed by atoms with van der Waals surface area (Å²) in [5, 5.41) is 8.95. The zero-order valence-corrected chi connectivity index (χ0v) is 11.0. The molecular weight excluding hydrogens is 250 g/mol. The maximum absolute atomic E-state index is 10.7. The van der Waals surface area contributed by atoms with Crippen LogP contribution >= 0.6 is 0 Å². The lowest BCUT2D eigenvalue weighted by Gasteiger charge is -1.99. The topological polar surface area (TPSA) is 47.8 Å². The van der Waals surface area contributed by atoms with E-state index in [2.05, 4.69) is 10.2 Å². The van der Waals surface area contributed by atoms with Gasteiger partial charge in [-0.15, -0.1) is 5.10 Å². The molecule has 20 heavy (non-hydrogen) atoms. The molecule has 3 aromatic rings. The molecule has 0 bridgehead atoms. The minimum Gasteiger partial charge on any atom is -0.298 e. The van der Waals surface area contributed by atoms with Crippen LogP contribution in [0, 0.1) is 6.92 Å².